The van der Waals surface area contributed by atoms with Gasteiger partial charge in [-0.3, -0.25) is 0 Å². The molecule has 0 aliphatic heterocycles. The molecule has 0 bridgehead atoms. The van der Waals surface area contributed by atoms with Crippen LogP contribution in [0.2, 0.25) is 0 Å². The molecule has 0 unspecified atom stereocenters. The van der Waals surface area contributed by atoms with Crippen LogP contribution in [0.5, 0.6) is 0 Å². The molecule has 64 valence electrons. The molecule has 0 aromatic heterocycles. The maximum atomic E-state index is 3.70. The van der Waals surface area contributed by atoms with Gasteiger partial charge < -0.3 is 0 Å². The van der Waals surface area contributed by atoms with Gasteiger partial charge in [0.05, 0.1) is 0 Å². The van der Waals surface area contributed by atoms with E-state index in [1.54, 1.807) is 0 Å². The van der Waals surface area contributed by atoms with Crippen LogP contribution in [0.1, 0.15) is 20.8 Å². The second-order valence-electron chi connectivity index (χ2n) is 2.19. The summed E-state index contributed by atoms with van der Waals surface area (Å²) in [5.74, 6) is 0. The molecule has 1 rings (SSSR count). The Morgan fingerprint density at radius 2 is 1.83 bits per heavy atom. The molecule has 0 heteroatoms. The monoisotopic (exact) mass is 160 g/mol. The molecule has 0 atom stereocenters. The van der Waals surface area contributed by atoms with E-state index in [2.05, 4.69) is 18.9 Å². The largest absolute Gasteiger partial charge is 0.116 e. The molecule has 0 saturated heterocycles. The first-order valence-corrected chi connectivity index (χ1v) is 4.22. The van der Waals surface area contributed by atoms with Gasteiger partial charge in [-0.25, -0.2) is 0 Å². The van der Waals surface area contributed by atoms with E-state index < -0.39 is 0 Å². The Morgan fingerprint density at radius 1 is 1.25 bits per heavy atom. The molecule has 0 radical (unpaired) electrons. The summed E-state index contributed by atoms with van der Waals surface area (Å²) in [6.45, 7) is 13.4. The summed E-state index contributed by atoms with van der Waals surface area (Å²) in [5, 5.41) is 0. The predicted octanol–water partition coefficient (Wildman–Crippen LogP) is 3.80. The number of hydrogen-bond acceptors (Lipinski definition) is 0. The molecule has 1 aliphatic rings. The van der Waals surface area contributed by atoms with E-state index in [0.29, 0.717) is 0 Å². The molecule has 0 spiro atoms. The zero-order valence-electron chi connectivity index (χ0n) is 8.15. The Hall–Kier alpha value is -1.26. The van der Waals surface area contributed by atoms with Crippen LogP contribution in [-0.4, -0.2) is 0 Å². The van der Waals surface area contributed by atoms with Gasteiger partial charge in [0, 0.05) is 0 Å². The van der Waals surface area contributed by atoms with Gasteiger partial charge in [-0.05, 0) is 29.7 Å². The lowest BCUT2D eigenvalue weighted by Gasteiger charge is -1.96. The summed E-state index contributed by atoms with van der Waals surface area (Å²) in [6, 6.07) is 0. The van der Waals surface area contributed by atoms with Crippen molar-refractivity contribution in [1.29, 1.82) is 0 Å². The second kappa shape index (κ2) is 5.40. The molecule has 0 heterocycles. The zero-order chi connectivity index (χ0) is 9.56. The molecule has 0 amide bonds. The lowest BCUT2D eigenvalue weighted by molar-refractivity contribution is 1.45. The topological polar surface area (TPSA) is 0 Å². The van der Waals surface area contributed by atoms with Crippen molar-refractivity contribution in [3.05, 3.63) is 53.8 Å². The van der Waals surface area contributed by atoms with Crippen LogP contribution in [-0.2, 0) is 0 Å². The van der Waals surface area contributed by atoms with Gasteiger partial charge in [-0.2, -0.15) is 0 Å². The number of rotatable bonds is 2. The lowest BCUT2D eigenvalue weighted by atomic mass is 10.1. The van der Waals surface area contributed by atoms with E-state index in [0.717, 1.165) is 16.7 Å². The molecule has 1 aliphatic carbocycles. The van der Waals surface area contributed by atoms with Crippen LogP contribution in [0, 0.1) is 0 Å². The first-order chi connectivity index (χ1) is 5.79. The minimum Gasteiger partial charge on any atom is -0.116 e. The smallest absolute Gasteiger partial charge is 0.00128 e. The summed E-state index contributed by atoms with van der Waals surface area (Å²) >= 11 is 0. The molecule has 12 heavy (non-hydrogen) atoms. The van der Waals surface area contributed by atoms with Crippen molar-refractivity contribution in [3.8, 4) is 0 Å². The standard InChI is InChI=1S/C10H10.C2H6/c1-4-9-7-6-8(3)10(9)5-2;1-2/h4-5,7H,1-2H2,3H3;1-2H3. The van der Waals surface area contributed by atoms with Crippen LogP contribution in [0.25, 0.3) is 0 Å². The Morgan fingerprint density at radius 3 is 2.17 bits per heavy atom. The summed E-state index contributed by atoms with van der Waals surface area (Å²) in [6.07, 6.45) is 5.59. The van der Waals surface area contributed by atoms with Gasteiger partial charge in [0.25, 0.3) is 0 Å². The van der Waals surface area contributed by atoms with Gasteiger partial charge >= 0.3 is 0 Å². The van der Waals surface area contributed by atoms with Gasteiger partial charge in [-0.15, -0.1) is 5.73 Å². The molecule has 0 aromatic rings. The predicted molar refractivity (Wildman–Crippen MR) is 56.0 cm³/mol. The average molecular weight is 160 g/mol. The summed E-state index contributed by atoms with van der Waals surface area (Å²) < 4.78 is 0. The van der Waals surface area contributed by atoms with Gasteiger partial charge in [0.1, 0.15) is 0 Å². The third kappa shape index (κ3) is 2.11. The first-order valence-electron chi connectivity index (χ1n) is 4.22. The van der Waals surface area contributed by atoms with E-state index in [9.17, 15) is 0 Å². The fourth-order valence-corrected chi connectivity index (χ4v) is 0.998. The van der Waals surface area contributed by atoms with Gasteiger partial charge in [-0.1, -0.05) is 39.2 Å². The average Bonchev–Trinajstić information content (AvgIpc) is 2.49. The molecule has 0 fully saturated rings. The third-order valence-electron chi connectivity index (χ3n) is 1.58. The highest BCUT2D eigenvalue weighted by molar-refractivity contribution is 5.54. The first kappa shape index (κ1) is 10.7. The van der Waals surface area contributed by atoms with E-state index >= 15 is 0 Å². The summed E-state index contributed by atoms with van der Waals surface area (Å²) in [4.78, 5) is 0. The Labute approximate surface area is 75.3 Å². The van der Waals surface area contributed by atoms with Crippen molar-refractivity contribution in [2.75, 3.05) is 0 Å². The maximum absolute atomic E-state index is 3.70. The number of allylic oxidation sites excluding steroid dienone is 5. The van der Waals surface area contributed by atoms with Crippen molar-refractivity contribution in [1.82, 2.24) is 0 Å². The van der Waals surface area contributed by atoms with Crippen molar-refractivity contribution in [2.24, 2.45) is 0 Å². The Kier molecular flexibility index (Phi) is 4.83. The molecule has 0 N–H and O–H groups in total. The molecule has 0 aromatic carbocycles. The van der Waals surface area contributed by atoms with E-state index in [4.69, 9.17) is 0 Å². The van der Waals surface area contributed by atoms with Gasteiger partial charge in [0.15, 0.2) is 0 Å². The number of hydrogen-bond donors (Lipinski definition) is 0. The molecule has 0 saturated carbocycles. The maximum Gasteiger partial charge on any atom is -0.00128 e. The normalized spacial score (nSPS) is 13.4. The molecule has 0 nitrogen and oxygen atoms in total. The van der Waals surface area contributed by atoms with Crippen LogP contribution in [0.15, 0.2) is 53.8 Å². The SMILES string of the molecule is C=CC1=C(C=C)C(C)=C=C1.CC. The third-order valence-corrected chi connectivity index (χ3v) is 1.58. The van der Waals surface area contributed by atoms with E-state index in [-0.39, 0.29) is 0 Å². The van der Waals surface area contributed by atoms with Crippen LogP contribution in [0.4, 0.5) is 0 Å². The van der Waals surface area contributed by atoms with Crippen molar-refractivity contribution in [2.45, 2.75) is 20.8 Å². The second-order valence-corrected chi connectivity index (χ2v) is 2.19. The van der Waals surface area contributed by atoms with Crippen LogP contribution >= 0.6 is 0 Å². The highest BCUT2D eigenvalue weighted by Crippen LogP contribution is 2.21. The van der Waals surface area contributed by atoms with E-state index in [1.807, 2.05) is 39.0 Å². The van der Waals surface area contributed by atoms with E-state index in [1.165, 1.54) is 0 Å². The van der Waals surface area contributed by atoms with Crippen LogP contribution < -0.4 is 0 Å². The fraction of sp³-hybridized carbons (Fsp3) is 0.250. The van der Waals surface area contributed by atoms with Crippen molar-refractivity contribution < 1.29 is 0 Å². The minimum atomic E-state index is 1.12. The summed E-state index contributed by atoms with van der Waals surface area (Å²) in [5.41, 5.74) is 6.51. The quantitative estimate of drug-likeness (QED) is 0.539. The van der Waals surface area contributed by atoms with Crippen molar-refractivity contribution in [3.63, 3.8) is 0 Å². The fourth-order valence-electron chi connectivity index (χ4n) is 0.998. The summed E-state index contributed by atoms with van der Waals surface area (Å²) in [7, 11) is 0. The minimum absolute atomic E-state index is 1.12. The molecular formula is C12H16. The lowest BCUT2D eigenvalue weighted by Crippen LogP contribution is -1.78. The van der Waals surface area contributed by atoms with Crippen molar-refractivity contribution >= 4 is 0 Å². The Balaban J connectivity index is 0.000000561. The highest BCUT2D eigenvalue weighted by Gasteiger charge is 2.03. The van der Waals surface area contributed by atoms with Crippen LogP contribution in [0.3, 0.4) is 0 Å². The molecular weight excluding hydrogens is 144 g/mol. The van der Waals surface area contributed by atoms with Gasteiger partial charge in [0.2, 0.25) is 0 Å². The highest BCUT2D eigenvalue weighted by atomic mass is 14.1. The zero-order valence-corrected chi connectivity index (χ0v) is 8.15. The Bertz CT molecular complexity index is 268.